The summed E-state index contributed by atoms with van der Waals surface area (Å²) in [5, 5.41) is 3.47. The van der Waals surface area contributed by atoms with Crippen molar-refractivity contribution in [2.45, 2.75) is 0 Å². The Bertz CT molecular complexity index is 2890. The highest BCUT2D eigenvalue weighted by atomic mass is 15.0. The summed E-state index contributed by atoms with van der Waals surface area (Å²) in [5.41, 5.74) is 15.2. The number of para-hydroxylation sites is 3. The fourth-order valence-electron chi connectivity index (χ4n) is 7.62. The van der Waals surface area contributed by atoms with Gasteiger partial charge in [0.1, 0.15) is 0 Å². The van der Waals surface area contributed by atoms with E-state index in [4.69, 9.17) is 9.97 Å². The van der Waals surface area contributed by atoms with E-state index in [9.17, 15) is 0 Å². The first-order valence-corrected chi connectivity index (χ1v) is 18.0. The van der Waals surface area contributed by atoms with Gasteiger partial charge in [-0.05, 0) is 58.7 Å². The van der Waals surface area contributed by atoms with Gasteiger partial charge in [-0.2, -0.15) is 0 Å². The Morgan fingerprint density at radius 1 is 0.340 bits per heavy atom. The molecule has 3 heterocycles. The van der Waals surface area contributed by atoms with E-state index in [0.29, 0.717) is 0 Å². The monoisotopic (exact) mass is 675 g/mol. The van der Waals surface area contributed by atoms with Crippen molar-refractivity contribution < 1.29 is 0 Å². The van der Waals surface area contributed by atoms with Gasteiger partial charge in [0.15, 0.2) is 0 Å². The third-order valence-corrected chi connectivity index (χ3v) is 10.2. The highest BCUT2D eigenvalue weighted by Gasteiger charge is 2.20. The molecule has 53 heavy (non-hydrogen) atoms. The number of hydrogen-bond acceptors (Lipinski definition) is 2. The molecular formula is C50H33N3. The molecule has 3 heteroatoms. The summed E-state index contributed by atoms with van der Waals surface area (Å²) in [6.07, 6.45) is 0. The van der Waals surface area contributed by atoms with E-state index in [-0.39, 0.29) is 0 Å². The maximum atomic E-state index is 5.34. The molecule has 10 rings (SSSR count). The van der Waals surface area contributed by atoms with Crippen LogP contribution in [0.3, 0.4) is 0 Å². The van der Waals surface area contributed by atoms with Crippen molar-refractivity contribution in [1.82, 2.24) is 14.5 Å². The van der Waals surface area contributed by atoms with Gasteiger partial charge in [0.2, 0.25) is 0 Å². The molecule has 0 spiro atoms. The molecule has 0 fully saturated rings. The average molecular weight is 676 g/mol. The number of pyridine rings is 2. The van der Waals surface area contributed by atoms with Gasteiger partial charge in [0.25, 0.3) is 0 Å². The molecule has 7 aromatic carbocycles. The summed E-state index contributed by atoms with van der Waals surface area (Å²) in [6, 6.07) is 70.7. The lowest BCUT2D eigenvalue weighted by Gasteiger charge is -2.13. The molecule has 10 aromatic rings. The van der Waals surface area contributed by atoms with Crippen molar-refractivity contribution in [1.29, 1.82) is 0 Å². The predicted octanol–water partition coefficient (Wildman–Crippen LogP) is 13.1. The third kappa shape index (κ3) is 5.47. The highest BCUT2D eigenvalue weighted by Crippen LogP contribution is 2.41. The lowest BCUT2D eigenvalue weighted by Crippen LogP contribution is -1.96. The van der Waals surface area contributed by atoms with E-state index in [2.05, 4.69) is 199 Å². The number of rotatable bonds is 6. The van der Waals surface area contributed by atoms with Crippen LogP contribution in [0.2, 0.25) is 0 Å². The minimum atomic E-state index is 0.928. The first-order valence-electron chi connectivity index (χ1n) is 18.0. The summed E-state index contributed by atoms with van der Waals surface area (Å²) >= 11 is 0. The largest absolute Gasteiger partial charge is 0.308 e. The van der Waals surface area contributed by atoms with Gasteiger partial charge in [-0.15, -0.1) is 0 Å². The molecule has 0 unspecified atom stereocenters. The van der Waals surface area contributed by atoms with E-state index in [1.165, 1.54) is 22.0 Å². The van der Waals surface area contributed by atoms with E-state index < -0.39 is 0 Å². The van der Waals surface area contributed by atoms with Gasteiger partial charge in [0, 0.05) is 38.5 Å². The number of nitrogens with zero attached hydrogens (tertiary/aromatic N) is 3. The van der Waals surface area contributed by atoms with Crippen LogP contribution in [0.25, 0.3) is 94.4 Å². The van der Waals surface area contributed by atoms with Gasteiger partial charge in [-0.1, -0.05) is 164 Å². The Labute approximate surface area is 308 Å². The van der Waals surface area contributed by atoms with Gasteiger partial charge in [0.05, 0.1) is 33.6 Å². The van der Waals surface area contributed by atoms with Crippen molar-refractivity contribution in [2.24, 2.45) is 0 Å². The predicted molar refractivity (Wildman–Crippen MR) is 221 cm³/mol. The first kappa shape index (κ1) is 30.7. The van der Waals surface area contributed by atoms with Gasteiger partial charge in [-0.3, -0.25) is 0 Å². The Kier molecular flexibility index (Phi) is 7.47. The fraction of sp³-hybridized carbons (Fsp3) is 0. The third-order valence-electron chi connectivity index (χ3n) is 10.2. The second-order valence-electron chi connectivity index (χ2n) is 13.4. The Hall–Kier alpha value is -7.10. The second kappa shape index (κ2) is 12.9. The number of benzene rings is 7. The molecule has 0 aliphatic carbocycles. The average Bonchev–Trinajstić information content (AvgIpc) is 3.60. The normalized spacial score (nSPS) is 11.4. The van der Waals surface area contributed by atoms with Crippen LogP contribution in [0.1, 0.15) is 0 Å². The summed E-state index contributed by atoms with van der Waals surface area (Å²) in [7, 11) is 0. The van der Waals surface area contributed by atoms with Crippen LogP contribution in [0.5, 0.6) is 0 Å². The van der Waals surface area contributed by atoms with Crippen molar-refractivity contribution in [3.8, 4) is 61.7 Å². The second-order valence-corrected chi connectivity index (χ2v) is 13.4. The zero-order valence-electron chi connectivity index (χ0n) is 28.9. The topological polar surface area (TPSA) is 30.7 Å². The SMILES string of the molecule is c1ccc(-c2ccc(-c3cc(-c4ccccc4)cc(-c4ccc(-c5nc6ccccc6c6c5c5ccccc5n6-c5ccccc5)cc4)n3)cc2)cc1. The minimum absolute atomic E-state index is 0.928. The zero-order chi connectivity index (χ0) is 35.1. The lowest BCUT2D eigenvalue weighted by molar-refractivity contribution is 1.18. The fourth-order valence-corrected chi connectivity index (χ4v) is 7.62. The summed E-state index contributed by atoms with van der Waals surface area (Å²) < 4.78 is 2.39. The standard InChI is InChI=1S/C50H33N3/c1-4-14-34(15-5-1)36-24-26-37(27-25-36)45-32-40(35-16-6-2-7-17-35)33-46(51-45)38-28-30-39(31-29-38)49-48-43-21-11-13-23-47(43)53(41-18-8-3-9-19-41)50(48)42-20-10-12-22-44(42)52-49/h1-33H. The van der Waals surface area contributed by atoms with Crippen LogP contribution < -0.4 is 0 Å². The van der Waals surface area contributed by atoms with Gasteiger partial charge < -0.3 is 4.57 Å². The van der Waals surface area contributed by atoms with Crippen LogP contribution in [0.4, 0.5) is 0 Å². The highest BCUT2D eigenvalue weighted by molar-refractivity contribution is 6.22. The maximum Gasteiger partial charge on any atom is 0.0809 e. The maximum absolute atomic E-state index is 5.34. The molecule has 0 saturated carbocycles. The smallest absolute Gasteiger partial charge is 0.0809 e. The molecular weight excluding hydrogens is 643 g/mol. The Morgan fingerprint density at radius 2 is 0.811 bits per heavy atom. The van der Waals surface area contributed by atoms with Crippen LogP contribution in [0.15, 0.2) is 200 Å². The molecule has 0 amide bonds. The first-order chi connectivity index (χ1) is 26.3. The minimum Gasteiger partial charge on any atom is -0.308 e. The van der Waals surface area contributed by atoms with Crippen LogP contribution in [0, 0.1) is 0 Å². The molecule has 3 aromatic heterocycles. The molecule has 0 saturated heterocycles. The number of fused-ring (bicyclic) bond motifs is 5. The van der Waals surface area contributed by atoms with Gasteiger partial charge in [-0.25, -0.2) is 9.97 Å². The van der Waals surface area contributed by atoms with Crippen molar-refractivity contribution in [3.63, 3.8) is 0 Å². The number of aromatic nitrogens is 3. The molecule has 0 atom stereocenters. The van der Waals surface area contributed by atoms with Crippen molar-refractivity contribution in [3.05, 3.63) is 200 Å². The molecule has 0 aliphatic heterocycles. The lowest BCUT2D eigenvalue weighted by atomic mass is 9.97. The van der Waals surface area contributed by atoms with Crippen molar-refractivity contribution >= 4 is 32.7 Å². The van der Waals surface area contributed by atoms with E-state index in [0.717, 1.165) is 72.4 Å². The molecule has 0 aliphatic rings. The summed E-state index contributed by atoms with van der Waals surface area (Å²) in [5.74, 6) is 0. The van der Waals surface area contributed by atoms with Crippen molar-refractivity contribution in [2.75, 3.05) is 0 Å². The van der Waals surface area contributed by atoms with Crippen LogP contribution in [-0.4, -0.2) is 14.5 Å². The Morgan fingerprint density at radius 3 is 1.45 bits per heavy atom. The quantitative estimate of drug-likeness (QED) is 0.176. The molecule has 0 bridgehead atoms. The van der Waals surface area contributed by atoms with E-state index in [1.54, 1.807) is 0 Å². The number of hydrogen-bond donors (Lipinski definition) is 0. The summed E-state index contributed by atoms with van der Waals surface area (Å²) in [4.78, 5) is 10.6. The van der Waals surface area contributed by atoms with E-state index in [1.807, 2.05) is 6.07 Å². The molecule has 0 N–H and O–H groups in total. The molecule has 248 valence electrons. The summed E-state index contributed by atoms with van der Waals surface area (Å²) in [6.45, 7) is 0. The Balaban J connectivity index is 1.12. The molecule has 3 nitrogen and oxygen atoms in total. The van der Waals surface area contributed by atoms with E-state index >= 15 is 0 Å². The molecule has 0 radical (unpaired) electrons. The van der Waals surface area contributed by atoms with Gasteiger partial charge >= 0.3 is 0 Å². The van der Waals surface area contributed by atoms with Crippen LogP contribution >= 0.6 is 0 Å². The van der Waals surface area contributed by atoms with Crippen LogP contribution in [-0.2, 0) is 0 Å². The zero-order valence-corrected chi connectivity index (χ0v) is 28.9.